The van der Waals surface area contributed by atoms with Crippen LogP contribution in [0.2, 0.25) is 0 Å². The molecular formula is C8H9F3IN3. The quantitative estimate of drug-likeness (QED) is 0.797. The molecule has 1 rings (SSSR count). The molecule has 1 aromatic heterocycles. The largest absolute Gasteiger partial charge is 0.390 e. The second-order valence-corrected chi connectivity index (χ2v) is 4.23. The molecule has 0 aliphatic carbocycles. The Bertz CT molecular complexity index is 312. The molecule has 1 heterocycles. The van der Waals surface area contributed by atoms with Crippen LogP contribution in [-0.2, 0) is 0 Å². The molecule has 0 amide bonds. The normalized spacial score (nSPS) is 11.5. The predicted octanol–water partition coefficient (Wildman–Crippen LogP) is 2.47. The van der Waals surface area contributed by atoms with Crippen LogP contribution in [0.4, 0.5) is 19.1 Å². The number of anilines is 1. The fraction of sp³-hybridized carbons (Fsp3) is 0.500. The van der Waals surface area contributed by atoms with E-state index in [1.165, 1.54) is 11.9 Å². The van der Waals surface area contributed by atoms with E-state index >= 15 is 0 Å². The van der Waals surface area contributed by atoms with Crippen LogP contribution < -0.4 is 4.90 Å². The zero-order chi connectivity index (χ0) is 11.5. The third kappa shape index (κ3) is 4.63. The molecule has 0 N–H and O–H groups in total. The van der Waals surface area contributed by atoms with Gasteiger partial charge in [-0.2, -0.15) is 13.2 Å². The summed E-state index contributed by atoms with van der Waals surface area (Å²) < 4.78 is 36.6. The van der Waals surface area contributed by atoms with Crippen molar-refractivity contribution in [3.8, 4) is 0 Å². The summed E-state index contributed by atoms with van der Waals surface area (Å²) in [6.07, 6.45) is -1.88. The van der Waals surface area contributed by atoms with Gasteiger partial charge < -0.3 is 4.90 Å². The molecule has 0 unspecified atom stereocenters. The lowest BCUT2D eigenvalue weighted by Gasteiger charge is -2.17. The highest BCUT2D eigenvalue weighted by Crippen LogP contribution is 2.20. The van der Waals surface area contributed by atoms with Crippen molar-refractivity contribution in [3.05, 3.63) is 16.0 Å². The lowest BCUT2D eigenvalue weighted by atomic mass is 10.4. The zero-order valence-corrected chi connectivity index (χ0v) is 10.1. The van der Waals surface area contributed by atoms with E-state index < -0.39 is 12.6 Å². The Morgan fingerprint density at radius 3 is 2.33 bits per heavy atom. The van der Waals surface area contributed by atoms with Crippen molar-refractivity contribution < 1.29 is 13.2 Å². The third-order valence-electron chi connectivity index (χ3n) is 1.68. The lowest BCUT2D eigenvalue weighted by molar-refractivity contribution is -0.132. The fourth-order valence-corrected chi connectivity index (χ4v) is 1.18. The standard InChI is InChI=1S/C8H9F3IN3/c1-15(3-2-8(9,10)11)7-13-4-6(12)5-14-7/h4-5H,2-3H2,1H3. The second-order valence-electron chi connectivity index (χ2n) is 2.99. The SMILES string of the molecule is CN(CCC(F)(F)F)c1ncc(I)cn1. The Kier molecular flexibility index (Phi) is 4.12. The predicted molar refractivity (Wildman–Crippen MR) is 58.7 cm³/mol. The summed E-state index contributed by atoms with van der Waals surface area (Å²) in [5.74, 6) is 0.305. The molecule has 1 aromatic rings. The number of rotatable bonds is 3. The van der Waals surface area contributed by atoms with E-state index in [2.05, 4.69) is 9.97 Å². The van der Waals surface area contributed by atoms with Crippen LogP contribution in [0.5, 0.6) is 0 Å². The van der Waals surface area contributed by atoms with Gasteiger partial charge in [-0.05, 0) is 22.6 Å². The molecule has 0 aliphatic rings. The van der Waals surface area contributed by atoms with E-state index in [0.717, 1.165) is 3.57 Å². The van der Waals surface area contributed by atoms with Gasteiger partial charge in [0.1, 0.15) is 0 Å². The highest BCUT2D eigenvalue weighted by molar-refractivity contribution is 14.1. The summed E-state index contributed by atoms with van der Waals surface area (Å²) in [4.78, 5) is 9.22. The van der Waals surface area contributed by atoms with Crippen LogP contribution >= 0.6 is 22.6 Å². The van der Waals surface area contributed by atoms with Crippen LogP contribution in [0.15, 0.2) is 12.4 Å². The summed E-state index contributed by atoms with van der Waals surface area (Å²) in [5.41, 5.74) is 0. The first-order chi connectivity index (χ1) is 6.88. The average molecular weight is 331 g/mol. The van der Waals surface area contributed by atoms with Crippen molar-refractivity contribution in [2.24, 2.45) is 0 Å². The molecule has 7 heteroatoms. The molecule has 0 atom stereocenters. The minimum atomic E-state index is -4.14. The van der Waals surface area contributed by atoms with Gasteiger partial charge in [-0.1, -0.05) is 0 Å². The molecule has 0 spiro atoms. The molecule has 0 fully saturated rings. The van der Waals surface area contributed by atoms with Crippen molar-refractivity contribution in [2.75, 3.05) is 18.5 Å². The summed E-state index contributed by atoms with van der Waals surface area (Å²) in [7, 11) is 1.54. The molecule has 84 valence electrons. The minimum Gasteiger partial charge on any atom is -0.344 e. The summed E-state index contributed by atoms with van der Waals surface area (Å²) in [6, 6.07) is 0. The highest BCUT2D eigenvalue weighted by atomic mass is 127. The molecule has 0 saturated carbocycles. The maximum Gasteiger partial charge on any atom is 0.390 e. The highest BCUT2D eigenvalue weighted by Gasteiger charge is 2.27. The fourth-order valence-electron chi connectivity index (χ4n) is 0.897. The molecule has 0 aromatic carbocycles. The van der Waals surface area contributed by atoms with Gasteiger partial charge in [-0.25, -0.2) is 9.97 Å². The van der Waals surface area contributed by atoms with Crippen molar-refractivity contribution in [3.63, 3.8) is 0 Å². The van der Waals surface area contributed by atoms with Gasteiger partial charge >= 0.3 is 6.18 Å². The average Bonchev–Trinajstić information content (AvgIpc) is 2.14. The maximum atomic E-state index is 11.9. The first-order valence-electron chi connectivity index (χ1n) is 4.14. The van der Waals surface area contributed by atoms with Gasteiger partial charge in [-0.15, -0.1) is 0 Å². The number of nitrogens with zero attached hydrogens (tertiary/aromatic N) is 3. The van der Waals surface area contributed by atoms with E-state index in [0.29, 0.717) is 5.95 Å². The van der Waals surface area contributed by atoms with E-state index in [1.54, 1.807) is 12.4 Å². The number of aromatic nitrogens is 2. The Labute approximate surface area is 98.8 Å². The molecule has 0 radical (unpaired) electrons. The van der Waals surface area contributed by atoms with E-state index in [9.17, 15) is 13.2 Å². The maximum absolute atomic E-state index is 11.9. The van der Waals surface area contributed by atoms with Gasteiger partial charge in [-0.3, -0.25) is 0 Å². The lowest BCUT2D eigenvalue weighted by Crippen LogP contribution is -2.25. The first kappa shape index (κ1) is 12.5. The number of halogens is 4. The van der Waals surface area contributed by atoms with E-state index in [4.69, 9.17) is 0 Å². The molecule has 15 heavy (non-hydrogen) atoms. The van der Waals surface area contributed by atoms with Gasteiger partial charge in [0.05, 0.1) is 6.42 Å². The van der Waals surface area contributed by atoms with Crippen LogP contribution in [0.3, 0.4) is 0 Å². The van der Waals surface area contributed by atoms with Crippen molar-refractivity contribution >= 4 is 28.5 Å². The Morgan fingerprint density at radius 1 is 1.33 bits per heavy atom. The van der Waals surface area contributed by atoms with Crippen molar-refractivity contribution in [2.45, 2.75) is 12.6 Å². The van der Waals surface area contributed by atoms with Crippen molar-refractivity contribution in [1.82, 2.24) is 9.97 Å². The topological polar surface area (TPSA) is 29.0 Å². The van der Waals surface area contributed by atoms with Gasteiger partial charge in [0.15, 0.2) is 0 Å². The molecule has 0 aliphatic heterocycles. The van der Waals surface area contributed by atoms with Crippen LogP contribution in [-0.4, -0.2) is 29.7 Å². The summed E-state index contributed by atoms with van der Waals surface area (Å²) >= 11 is 2.03. The molecule has 0 bridgehead atoms. The number of alkyl halides is 3. The Morgan fingerprint density at radius 2 is 1.87 bits per heavy atom. The first-order valence-corrected chi connectivity index (χ1v) is 5.22. The number of hydrogen-bond donors (Lipinski definition) is 0. The van der Waals surface area contributed by atoms with Crippen LogP contribution in [0.1, 0.15) is 6.42 Å². The zero-order valence-electron chi connectivity index (χ0n) is 7.92. The van der Waals surface area contributed by atoms with Crippen molar-refractivity contribution in [1.29, 1.82) is 0 Å². The minimum absolute atomic E-state index is 0.135. The van der Waals surface area contributed by atoms with Gasteiger partial charge in [0, 0.05) is 29.6 Å². The van der Waals surface area contributed by atoms with E-state index in [1.807, 2.05) is 22.6 Å². The summed E-state index contributed by atoms with van der Waals surface area (Å²) in [5, 5.41) is 0. The number of hydrogen-bond acceptors (Lipinski definition) is 3. The Hall–Kier alpha value is -0.600. The Balaban J connectivity index is 2.54. The second kappa shape index (κ2) is 4.95. The van der Waals surface area contributed by atoms with Gasteiger partial charge in [0.25, 0.3) is 0 Å². The van der Waals surface area contributed by atoms with Gasteiger partial charge in [0.2, 0.25) is 5.95 Å². The molecule has 3 nitrogen and oxygen atoms in total. The molecule has 0 saturated heterocycles. The molecular weight excluding hydrogens is 322 g/mol. The van der Waals surface area contributed by atoms with Crippen LogP contribution in [0.25, 0.3) is 0 Å². The third-order valence-corrected chi connectivity index (χ3v) is 2.24. The monoisotopic (exact) mass is 331 g/mol. The van der Waals surface area contributed by atoms with E-state index in [-0.39, 0.29) is 6.54 Å². The van der Waals surface area contributed by atoms with Crippen LogP contribution in [0, 0.1) is 3.57 Å². The smallest absolute Gasteiger partial charge is 0.344 e. The summed E-state index contributed by atoms with van der Waals surface area (Å²) in [6.45, 7) is -0.135.